The van der Waals surface area contributed by atoms with Crippen LogP contribution in [0.5, 0.6) is 0 Å². The molecular weight excluding hydrogens is 234 g/mol. The van der Waals surface area contributed by atoms with Crippen LogP contribution in [0.1, 0.15) is 47.8 Å². The molecule has 0 spiro atoms. The molecule has 1 aliphatic rings. The monoisotopic (exact) mass is 255 g/mol. The maximum atomic E-state index is 6.37. The highest BCUT2D eigenvalue weighted by atomic mass is 15.3. The van der Waals surface area contributed by atoms with Gasteiger partial charge in [0, 0.05) is 13.1 Å². The second kappa shape index (κ2) is 4.82. The average molecular weight is 255 g/mol. The first-order chi connectivity index (χ1) is 9.19. The van der Waals surface area contributed by atoms with Gasteiger partial charge in [-0.05, 0) is 42.4 Å². The van der Waals surface area contributed by atoms with E-state index in [-0.39, 0.29) is 6.04 Å². The van der Waals surface area contributed by atoms with Crippen LogP contribution in [-0.4, -0.2) is 9.78 Å². The van der Waals surface area contributed by atoms with Crippen LogP contribution < -0.4 is 5.73 Å². The summed E-state index contributed by atoms with van der Waals surface area (Å²) in [7, 11) is 1.99. The summed E-state index contributed by atoms with van der Waals surface area (Å²) < 4.78 is 1.94. The topological polar surface area (TPSA) is 43.8 Å². The Kier molecular flexibility index (Phi) is 3.15. The minimum atomic E-state index is 0.0798. The van der Waals surface area contributed by atoms with E-state index in [9.17, 15) is 0 Å². The number of fused-ring (bicyclic) bond motifs is 1. The minimum absolute atomic E-state index is 0.0798. The van der Waals surface area contributed by atoms with Crippen molar-refractivity contribution in [2.75, 3.05) is 0 Å². The number of nitrogens with zero attached hydrogens (tertiary/aromatic N) is 2. The highest BCUT2D eigenvalue weighted by molar-refractivity contribution is 5.40. The standard InChI is InChI=1S/C16H21N3/c1-3-13-10-16(19(2)18-13)15(17)9-12-8-11-6-4-5-7-14(11)12/h4-7,10,12,15H,3,8-9,17H2,1-2H3. The number of benzene rings is 1. The number of aryl methyl sites for hydroxylation is 2. The Morgan fingerprint density at radius 1 is 1.42 bits per heavy atom. The van der Waals surface area contributed by atoms with Crippen LogP contribution in [0.2, 0.25) is 0 Å². The van der Waals surface area contributed by atoms with Gasteiger partial charge in [0.05, 0.1) is 11.4 Å². The molecule has 19 heavy (non-hydrogen) atoms. The summed E-state index contributed by atoms with van der Waals surface area (Å²) in [6.07, 6.45) is 3.15. The van der Waals surface area contributed by atoms with E-state index in [0.717, 1.165) is 24.2 Å². The molecule has 1 heterocycles. The first kappa shape index (κ1) is 12.4. The Morgan fingerprint density at radius 3 is 2.89 bits per heavy atom. The lowest BCUT2D eigenvalue weighted by Crippen LogP contribution is -2.24. The van der Waals surface area contributed by atoms with Gasteiger partial charge in [0.15, 0.2) is 0 Å². The van der Waals surface area contributed by atoms with E-state index >= 15 is 0 Å². The number of nitrogens with two attached hydrogens (primary N) is 1. The lowest BCUT2D eigenvalue weighted by Gasteiger charge is -2.32. The normalized spacial score (nSPS) is 18.8. The van der Waals surface area contributed by atoms with Gasteiger partial charge in [-0.15, -0.1) is 0 Å². The summed E-state index contributed by atoms with van der Waals surface area (Å²) >= 11 is 0. The molecule has 3 nitrogen and oxygen atoms in total. The predicted octanol–water partition coefficient (Wildman–Crippen LogP) is 2.71. The molecular formula is C16H21N3. The van der Waals surface area contributed by atoms with Gasteiger partial charge in [-0.3, -0.25) is 4.68 Å². The largest absolute Gasteiger partial charge is 0.323 e. The Bertz CT molecular complexity index is 585. The van der Waals surface area contributed by atoms with Gasteiger partial charge in [-0.25, -0.2) is 0 Å². The van der Waals surface area contributed by atoms with Crippen LogP contribution >= 0.6 is 0 Å². The zero-order chi connectivity index (χ0) is 13.4. The molecule has 0 fully saturated rings. The van der Waals surface area contributed by atoms with Crippen molar-refractivity contribution in [2.24, 2.45) is 12.8 Å². The van der Waals surface area contributed by atoms with Crippen molar-refractivity contribution >= 4 is 0 Å². The molecule has 2 N–H and O–H groups in total. The summed E-state index contributed by atoms with van der Waals surface area (Å²) in [6, 6.07) is 10.9. The Balaban J connectivity index is 1.73. The third-order valence-corrected chi connectivity index (χ3v) is 4.21. The predicted molar refractivity (Wildman–Crippen MR) is 77.0 cm³/mol. The Morgan fingerprint density at radius 2 is 2.21 bits per heavy atom. The SMILES string of the molecule is CCc1cc(C(N)CC2Cc3ccccc32)n(C)n1. The van der Waals surface area contributed by atoms with Crippen molar-refractivity contribution in [3.63, 3.8) is 0 Å². The van der Waals surface area contributed by atoms with Crippen LogP contribution in [0, 0.1) is 0 Å². The maximum Gasteiger partial charge on any atom is 0.0625 e. The third kappa shape index (κ3) is 2.19. The van der Waals surface area contributed by atoms with E-state index in [2.05, 4.69) is 42.4 Å². The van der Waals surface area contributed by atoms with Crippen LogP contribution in [0.15, 0.2) is 30.3 Å². The first-order valence-electron chi connectivity index (χ1n) is 7.05. The van der Waals surface area contributed by atoms with E-state index in [1.165, 1.54) is 17.5 Å². The number of hydrogen-bond donors (Lipinski definition) is 1. The van der Waals surface area contributed by atoms with Crippen LogP contribution in [-0.2, 0) is 19.9 Å². The average Bonchev–Trinajstić information content (AvgIpc) is 2.77. The van der Waals surface area contributed by atoms with Crippen molar-refractivity contribution in [1.29, 1.82) is 0 Å². The van der Waals surface area contributed by atoms with Gasteiger partial charge in [0.25, 0.3) is 0 Å². The van der Waals surface area contributed by atoms with Gasteiger partial charge in [0.2, 0.25) is 0 Å². The molecule has 2 unspecified atom stereocenters. The summed E-state index contributed by atoms with van der Waals surface area (Å²) in [5, 5.41) is 4.48. The molecule has 1 aromatic heterocycles. The molecule has 1 aliphatic carbocycles. The molecule has 2 aromatic rings. The van der Waals surface area contributed by atoms with Gasteiger partial charge < -0.3 is 5.73 Å². The Hall–Kier alpha value is -1.61. The fraction of sp³-hybridized carbons (Fsp3) is 0.438. The lowest BCUT2D eigenvalue weighted by molar-refractivity contribution is 0.478. The second-order valence-corrected chi connectivity index (χ2v) is 5.48. The molecule has 0 bridgehead atoms. The number of rotatable bonds is 4. The van der Waals surface area contributed by atoms with E-state index < -0.39 is 0 Å². The zero-order valence-corrected chi connectivity index (χ0v) is 11.6. The fourth-order valence-electron chi connectivity index (χ4n) is 3.06. The van der Waals surface area contributed by atoms with Crippen molar-refractivity contribution in [3.8, 4) is 0 Å². The summed E-state index contributed by atoms with van der Waals surface area (Å²) in [5.41, 5.74) is 11.6. The molecule has 0 saturated heterocycles. The van der Waals surface area contributed by atoms with Crippen molar-refractivity contribution in [3.05, 3.63) is 52.8 Å². The van der Waals surface area contributed by atoms with E-state index in [4.69, 9.17) is 5.73 Å². The molecule has 0 amide bonds. The Labute approximate surface area is 114 Å². The fourth-order valence-corrected chi connectivity index (χ4v) is 3.06. The van der Waals surface area contributed by atoms with Crippen molar-refractivity contribution < 1.29 is 0 Å². The van der Waals surface area contributed by atoms with E-state index in [1.54, 1.807) is 0 Å². The second-order valence-electron chi connectivity index (χ2n) is 5.48. The smallest absolute Gasteiger partial charge is 0.0625 e. The quantitative estimate of drug-likeness (QED) is 0.913. The highest BCUT2D eigenvalue weighted by Gasteiger charge is 2.28. The van der Waals surface area contributed by atoms with Crippen molar-refractivity contribution in [2.45, 2.75) is 38.1 Å². The molecule has 100 valence electrons. The molecule has 0 radical (unpaired) electrons. The van der Waals surface area contributed by atoms with E-state index in [1.807, 2.05) is 11.7 Å². The third-order valence-electron chi connectivity index (χ3n) is 4.21. The minimum Gasteiger partial charge on any atom is -0.323 e. The van der Waals surface area contributed by atoms with Gasteiger partial charge in [0.1, 0.15) is 0 Å². The zero-order valence-electron chi connectivity index (χ0n) is 11.6. The lowest BCUT2D eigenvalue weighted by atomic mass is 9.74. The highest BCUT2D eigenvalue weighted by Crippen LogP contribution is 2.40. The number of aromatic nitrogens is 2. The van der Waals surface area contributed by atoms with Crippen molar-refractivity contribution in [1.82, 2.24) is 9.78 Å². The number of hydrogen-bond acceptors (Lipinski definition) is 2. The molecule has 0 aliphatic heterocycles. The summed E-state index contributed by atoms with van der Waals surface area (Å²) in [4.78, 5) is 0. The van der Waals surface area contributed by atoms with Crippen LogP contribution in [0.25, 0.3) is 0 Å². The summed E-state index contributed by atoms with van der Waals surface area (Å²) in [5.74, 6) is 0.617. The van der Waals surface area contributed by atoms with Gasteiger partial charge >= 0.3 is 0 Å². The molecule has 0 saturated carbocycles. The van der Waals surface area contributed by atoms with E-state index in [0.29, 0.717) is 5.92 Å². The van der Waals surface area contributed by atoms with Crippen LogP contribution in [0.4, 0.5) is 0 Å². The summed E-state index contributed by atoms with van der Waals surface area (Å²) in [6.45, 7) is 2.12. The molecule has 2 atom stereocenters. The molecule has 1 aromatic carbocycles. The van der Waals surface area contributed by atoms with Crippen LogP contribution in [0.3, 0.4) is 0 Å². The first-order valence-corrected chi connectivity index (χ1v) is 7.05. The van der Waals surface area contributed by atoms with Gasteiger partial charge in [-0.1, -0.05) is 31.2 Å². The molecule has 3 heteroatoms. The van der Waals surface area contributed by atoms with Gasteiger partial charge in [-0.2, -0.15) is 5.10 Å². The molecule has 3 rings (SSSR count). The maximum absolute atomic E-state index is 6.37.